The van der Waals surface area contributed by atoms with Crippen molar-refractivity contribution in [1.82, 2.24) is 5.32 Å². The zero-order valence-corrected chi connectivity index (χ0v) is 16.5. The summed E-state index contributed by atoms with van der Waals surface area (Å²) >= 11 is 0. The minimum absolute atomic E-state index is 0.0464. The first kappa shape index (κ1) is 23.8. The number of aliphatic hydroxyl groups excluding tert-OH is 1. The molecule has 0 radical (unpaired) electrons. The van der Waals surface area contributed by atoms with Gasteiger partial charge in [-0.15, -0.1) is 0 Å². The first-order valence-corrected chi connectivity index (χ1v) is 9.24. The molecule has 0 fully saturated rings. The third-order valence-electron chi connectivity index (χ3n) is 3.77. The summed E-state index contributed by atoms with van der Waals surface area (Å²) in [4.78, 5) is 23.2. The molecule has 0 saturated heterocycles. The highest BCUT2D eigenvalue weighted by Gasteiger charge is 2.30. The van der Waals surface area contributed by atoms with Crippen molar-refractivity contribution >= 4 is 23.5 Å². The molecule has 168 valence electrons. The zero-order valence-electron chi connectivity index (χ0n) is 16.5. The molecule has 8 nitrogen and oxygen atoms in total. The van der Waals surface area contributed by atoms with E-state index in [4.69, 9.17) is 9.47 Å². The molecule has 0 aliphatic carbocycles. The van der Waals surface area contributed by atoms with Crippen molar-refractivity contribution in [2.24, 2.45) is 0 Å². The second-order valence-corrected chi connectivity index (χ2v) is 6.25. The number of benzene rings is 2. The number of halogens is 3. The van der Waals surface area contributed by atoms with Gasteiger partial charge in [0.1, 0.15) is 18.5 Å². The minimum Gasteiger partial charge on any atom is -0.491 e. The number of ether oxygens (including phenoxy) is 2. The largest absolute Gasteiger partial charge is 0.491 e. The first-order chi connectivity index (χ1) is 14.7. The summed E-state index contributed by atoms with van der Waals surface area (Å²) in [5.41, 5.74) is 0.0497. The molecular formula is C20H22F3N3O5. The minimum atomic E-state index is -4.50. The number of aliphatic hydroxyl groups is 1. The SMILES string of the molecule is CCOC(=O)Nc1ccc(NC(=O)NC[C@@H](O)COc2cccc(C(F)(F)F)c2)cc1. The topological polar surface area (TPSA) is 109 Å². The van der Waals surface area contributed by atoms with Crippen LogP contribution in [0.1, 0.15) is 12.5 Å². The number of hydrogen-bond donors (Lipinski definition) is 4. The Morgan fingerprint density at radius 2 is 1.71 bits per heavy atom. The van der Waals surface area contributed by atoms with Crippen LogP contribution in [0.3, 0.4) is 0 Å². The number of carbonyl (C=O) groups excluding carboxylic acids is 2. The maximum absolute atomic E-state index is 12.7. The van der Waals surface area contributed by atoms with Crippen molar-refractivity contribution in [3.05, 3.63) is 54.1 Å². The lowest BCUT2D eigenvalue weighted by atomic mass is 10.2. The van der Waals surface area contributed by atoms with Crippen LogP contribution in [-0.4, -0.2) is 43.1 Å². The second kappa shape index (κ2) is 11.1. The Kier molecular flexibility index (Phi) is 8.50. The lowest BCUT2D eigenvalue weighted by molar-refractivity contribution is -0.137. The zero-order chi connectivity index (χ0) is 22.9. The molecule has 2 rings (SSSR count). The van der Waals surface area contributed by atoms with E-state index < -0.39 is 30.0 Å². The summed E-state index contributed by atoms with van der Waals surface area (Å²) in [6.45, 7) is 1.42. The van der Waals surface area contributed by atoms with E-state index in [1.807, 2.05) is 0 Å². The van der Waals surface area contributed by atoms with E-state index in [2.05, 4.69) is 16.0 Å². The van der Waals surface area contributed by atoms with E-state index in [1.165, 1.54) is 12.1 Å². The van der Waals surface area contributed by atoms with Crippen molar-refractivity contribution in [3.63, 3.8) is 0 Å². The molecular weight excluding hydrogens is 419 g/mol. The maximum atomic E-state index is 12.7. The van der Waals surface area contributed by atoms with E-state index in [9.17, 15) is 27.9 Å². The number of urea groups is 1. The molecule has 2 aromatic rings. The molecule has 3 amide bonds. The van der Waals surface area contributed by atoms with Crippen molar-refractivity contribution in [1.29, 1.82) is 0 Å². The molecule has 0 aromatic heterocycles. The summed E-state index contributed by atoms with van der Waals surface area (Å²) in [5.74, 6) is -0.0464. The van der Waals surface area contributed by atoms with Gasteiger partial charge in [0, 0.05) is 17.9 Å². The molecule has 0 heterocycles. The van der Waals surface area contributed by atoms with Crippen LogP contribution in [-0.2, 0) is 10.9 Å². The molecule has 0 aliphatic rings. The Morgan fingerprint density at radius 3 is 2.32 bits per heavy atom. The fraction of sp³-hybridized carbons (Fsp3) is 0.300. The van der Waals surface area contributed by atoms with E-state index in [1.54, 1.807) is 31.2 Å². The molecule has 1 atom stereocenters. The van der Waals surface area contributed by atoms with Crippen LogP contribution >= 0.6 is 0 Å². The van der Waals surface area contributed by atoms with Crippen molar-refractivity contribution < 1.29 is 37.3 Å². The lowest BCUT2D eigenvalue weighted by Gasteiger charge is -2.15. The van der Waals surface area contributed by atoms with Gasteiger partial charge >= 0.3 is 18.3 Å². The Labute approximate surface area is 176 Å². The normalized spacial score (nSPS) is 11.9. The van der Waals surface area contributed by atoms with Gasteiger partial charge in [0.15, 0.2) is 0 Å². The predicted molar refractivity (Wildman–Crippen MR) is 107 cm³/mol. The van der Waals surface area contributed by atoms with Crippen molar-refractivity contribution in [3.8, 4) is 5.75 Å². The quantitative estimate of drug-likeness (QED) is 0.498. The van der Waals surface area contributed by atoms with Crippen LogP contribution in [0, 0.1) is 0 Å². The van der Waals surface area contributed by atoms with E-state index in [-0.39, 0.29) is 25.5 Å². The van der Waals surface area contributed by atoms with Gasteiger partial charge in [-0.1, -0.05) is 6.07 Å². The summed E-state index contributed by atoms with van der Waals surface area (Å²) in [7, 11) is 0. The summed E-state index contributed by atoms with van der Waals surface area (Å²) in [5, 5.41) is 17.3. The fourth-order valence-electron chi connectivity index (χ4n) is 2.32. The summed E-state index contributed by atoms with van der Waals surface area (Å²) in [6.07, 6.45) is -6.23. The highest BCUT2D eigenvalue weighted by Crippen LogP contribution is 2.31. The van der Waals surface area contributed by atoms with Crippen LogP contribution < -0.4 is 20.7 Å². The van der Waals surface area contributed by atoms with Gasteiger partial charge in [-0.2, -0.15) is 13.2 Å². The van der Waals surface area contributed by atoms with Crippen LogP contribution in [0.5, 0.6) is 5.75 Å². The molecule has 0 spiro atoms. The maximum Gasteiger partial charge on any atom is 0.416 e. The van der Waals surface area contributed by atoms with Gasteiger partial charge in [-0.25, -0.2) is 9.59 Å². The second-order valence-electron chi connectivity index (χ2n) is 6.25. The number of rotatable bonds is 8. The van der Waals surface area contributed by atoms with Crippen molar-refractivity contribution in [2.45, 2.75) is 19.2 Å². The number of amides is 3. The smallest absolute Gasteiger partial charge is 0.416 e. The van der Waals surface area contributed by atoms with Gasteiger partial charge in [0.25, 0.3) is 0 Å². The molecule has 0 unspecified atom stereocenters. The number of hydrogen-bond acceptors (Lipinski definition) is 5. The van der Waals surface area contributed by atoms with Gasteiger partial charge in [-0.05, 0) is 49.4 Å². The summed E-state index contributed by atoms with van der Waals surface area (Å²) < 4.78 is 47.9. The van der Waals surface area contributed by atoms with Crippen LogP contribution in [0.15, 0.2) is 48.5 Å². The average Bonchev–Trinajstić information content (AvgIpc) is 2.72. The highest BCUT2D eigenvalue weighted by molar-refractivity contribution is 5.90. The number of alkyl halides is 3. The molecule has 0 bridgehead atoms. The van der Waals surface area contributed by atoms with Crippen LogP contribution in [0.25, 0.3) is 0 Å². The lowest BCUT2D eigenvalue weighted by Crippen LogP contribution is -2.37. The van der Waals surface area contributed by atoms with Crippen molar-refractivity contribution in [2.75, 3.05) is 30.4 Å². The molecule has 11 heteroatoms. The van der Waals surface area contributed by atoms with Gasteiger partial charge in [0.2, 0.25) is 0 Å². The fourth-order valence-corrected chi connectivity index (χ4v) is 2.32. The molecule has 4 N–H and O–H groups in total. The van der Waals surface area contributed by atoms with Gasteiger partial charge in [0.05, 0.1) is 12.2 Å². The molecule has 0 aliphatic heterocycles. The Hall–Kier alpha value is -3.47. The molecule has 31 heavy (non-hydrogen) atoms. The third-order valence-corrected chi connectivity index (χ3v) is 3.77. The molecule has 2 aromatic carbocycles. The monoisotopic (exact) mass is 441 g/mol. The van der Waals surface area contributed by atoms with Crippen LogP contribution in [0.2, 0.25) is 0 Å². The number of nitrogens with one attached hydrogen (secondary N) is 3. The number of carbonyl (C=O) groups is 2. The highest BCUT2D eigenvalue weighted by atomic mass is 19.4. The van der Waals surface area contributed by atoms with Crippen LogP contribution in [0.4, 0.5) is 34.1 Å². The van der Waals surface area contributed by atoms with Gasteiger partial charge < -0.3 is 25.2 Å². The molecule has 0 saturated carbocycles. The third kappa shape index (κ3) is 8.42. The summed E-state index contributed by atoms with van der Waals surface area (Å²) in [6, 6.07) is 9.88. The van der Waals surface area contributed by atoms with Gasteiger partial charge in [-0.3, -0.25) is 5.32 Å². The number of anilines is 2. The first-order valence-electron chi connectivity index (χ1n) is 9.24. The van der Waals surface area contributed by atoms with E-state index in [0.717, 1.165) is 12.1 Å². The van der Waals surface area contributed by atoms with E-state index in [0.29, 0.717) is 11.4 Å². The van der Waals surface area contributed by atoms with E-state index >= 15 is 0 Å². The Bertz CT molecular complexity index is 875. The Balaban J connectivity index is 1.74. The average molecular weight is 441 g/mol. The Morgan fingerprint density at radius 1 is 1.06 bits per heavy atom. The standard InChI is InChI=1S/C20H22F3N3O5/c1-2-30-19(29)26-15-8-6-14(7-9-15)25-18(28)24-11-16(27)12-31-17-5-3-4-13(10-17)20(21,22)23/h3-10,16,27H,2,11-12H2,1H3,(H,26,29)(H2,24,25,28)/t16-/m1/s1. The predicted octanol–water partition coefficient (Wildman–Crippen LogP) is 3.84.